The minimum Gasteiger partial charge on any atom is -0.497 e. The highest BCUT2D eigenvalue weighted by Gasteiger charge is 2.34. The van der Waals surface area contributed by atoms with Crippen LogP contribution in [-0.2, 0) is 0 Å². The molecule has 3 rings (SSSR count). The Morgan fingerprint density at radius 1 is 1.12 bits per heavy atom. The molecule has 0 aromatic heterocycles. The van der Waals surface area contributed by atoms with Crippen molar-refractivity contribution in [2.45, 2.75) is 25.4 Å². The Kier molecular flexibility index (Phi) is 2.35. The number of hydrogen-bond donors (Lipinski definition) is 0. The molecule has 0 fully saturated rings. The van der Waals surface area contributed by atoms with Gasteiger partial charge in [-0.05, 0) is 37.1 Å². The summed E-state index contributed by atoms with van der Waals surface area (Å²) in [4.78, 5) is 0. The minimum atomic E-state index is 0.372. The Morgan fingerprint density at radius 2 is 1.88 bits per heavy atom. The quantitative estimate of drug-likeness (QED) is 0.722. The van der Waals surface area contributed by atoms with Crippen LogP contribution in [0.15, 0.2) is 35.9 Å². The predicted octanol–water partition coefficient (Wildman–Crippen LogP) is 3.18. The standard InChI is InChI=1S/C14H16O2/c1-15-12-4-6-13(7-5-12)16-14-9-10-2-3-11(14)8-10/h4-8,11,14H,2-3,9H2,1H3. The minimum absolute atomic E-state index is 0.372. The summed E-state index contributed by atoms with van der Waals surface area (Å²) in [7, 11) is 1.68. The average molecular weight is 216 g/mol. The Balaban J connectivity index is 1.66. The molecule has 2 atom stereocenters. The van der Waals surface area contributed by atoms with E-state index in [0.29, 0.717) is 12.0 Å². The highest BCUT2D eigenvalue weighted by atomic mass is 16.5. The topological polar surface area (TPSA) is 18.5 Å². The van der Waals surface area contributed by atoms with Crippen molar-refractivity contribution < 1.29 is 9.47 Å². The summed E-state index contributed by atoms with van der Waals surface area (Å²) in [6.45, 7) is 0. The molecule has 0 heterocycles. The maximum Gasteiger partial charge on any atom is 0.120 e. The van der Waals surface area contributed by atoms with Crippen LogP contribution in [0, 0.1) is 5.92 Å². The first-order valence-electron chi connectivity index (χ1n) is 5.85. The molecular formula is C14H16O2. The molecule has 0 amide bonds. The highest BCUT2D eigenvalue weighted by Crippen LogP contribution is 2.40. The van der Waals surface area contributed by atoms with Crippen LogP contribution < -0.4 is 9.47 Å². The summed E-state index contributed by atoms with van der Waals surface area (Å²) in [6, 6.07) is 7.85. The number of rotatable bonds is 3. The Bertz CT molecular complexity index is 405. The van der Waals surface area contributed by atoms with E-state index in [2.05, 4.69) is 6.08 Å². The Morgan fingerprint density at radius 3 is 2.44 bits per heavy atom. The van der Waals surface area contributed by atoms with Crippen molar-refractivity contribution in [3.63, 3.8) is 0 Å². The maximum atomic E-state index is 6.00. The summed E-state index contributed by atoms with van der Waals surface area (Å²) in [5.41, 5.74) is 1.59. The van der Waals surface area contributed by atoms with Crippen LogP contribution in [-0.4, -0.2) is 13.2 Å². The smallest absolute Gasteiger partial charge is 0.120 e. The first-order valence-corrected chi connectivity index (χ1v) is 5.85. The van der Waals surface area contributed by atoms with E-state index in [4.69, 9.17) is 9.47 Å². The van der Waals surface area contributed by atoms with Gasteiger partial charge in [0.1, 0.15) is 17.6 Å². The van der Waals surface area contributed by atoms with Gasteiger partial charge in [-0.2, -0.15) is 0 Å². The molecule has 2 aliphatic carbocycles. The van der Waals surface area contributed by atoms with Crippen LogP contribution in [0.5, 0.6) is 11.5 Å². The highest BCUT2D eigenvalue weighted by molar-refractivity contribution is 5.32. The Hall–Kier alpha value is -1.44. The summed E-state index contributed by atoms with van der Waals surface area (Å²) in [5.74, 6) is 2.48. The zero-order chi connectivity index (χ0) is 11.0. The maximum absolute atomic E-state index is 6.00. The monoisotopic (exact) mass is 216 g/mol. The Labute approximate surface area is 95.9 Å². The molecule has 2 nitrogen and oxygen atoms in total. The number of hydrogen-bond acceptors (Lipinski definition) is 2. The second-order valence-electron chi connectivity index (χ2n) is 4.56. The fourth-order valence-corrected chi connectivity index (χ4v) is 2.65. The van der Waals surface area contributed by atoms with Crippen molar-refractivity contribution >= 4 is 0 Å². The van der Waals surface area contributed by atoms with Gasteiger partial charge in [0.15, 0.2) is 0 Å². The van der Waals surface area contributed by atoms with E-state index in [1.807, 2.05) is 24.3 Å². The molecule has 84 valence electrons. The molecule has 2 bridgehead atoms. The molecule has 2 aliphatic rings. The van der Waals surface area contributed by atoms with Gasteiger partial charge >= 0.3 is 0 Å². The van der Waals surface area contributed by atoms with Gasteiger partial charge in [-0.1, -0.05) is 11.6 Å². The summed E-state index contributed by atoms with van der Waals surface area (Å²) in [5, 5.41) is 0. The van der Waals surface area contributed by atoms with Crippen molar-refractivity contribution in [1.82, 2.24) is 0 Å². The van der Waals surface area contributed by atoms with Crippen LogP contribution in [0.1, 0.15) is 19.3 Å². The molecule has 0 radical (unpaired) electrons. The second kappa shape index (κ2) is 3.85. The van der Waals surface area contributed by atoms with Gasteiger partial charge in [-0.25, -0.2) is 0 Å². The second-order valence-corrected chi connectivity index (χ2v) is 4.56. The normalized spacial score (nSPS) is 26.7. The lowest BCUT2D eigenvalue weighted by Gasteiger charge is -2.23. The zero-order valence-electron chi connectivity index (χ0n) is 9.48. The molecule has 2 unspecified atom stereocenters. The molecule has 0 saturated carbocycles. The number of methoxy groups -OCH3 is 1. The third-order valence-electron chi connectivity index (χ3n) is 3.54. The van der Waals surface area contributed by atoms with Crippen molar-refractivity contribution in [3.8, 4) is 11.5 Å². The van der Waals surface area contributed by atoms with Crippen LogP contribution in [0.2, 0.25) is 0 Å². The van der Waals surface area contributed by atoms with Crippen LogP contribution in [0.25, 0.3) is 0 Å². The van der Waals surface area contributed by atoms with Gasteiger partial charge < -0.3 is 9.47 Å². The van der Waals surface area contributed by atoms with E-state index in [9.17, 15) is 0 Å². The molecule has 2 heteroatoms. The molecule has 1 aromatic carbocycles. The summed E-state index contributed by atoms with van der Waals surface area (Å²) in [6.07, 6.45) is 6.45. The van der Waals surface area contributed by atoms with Crippen LogP contribution >= 0.6 is 0 Å². The molecule has 1 aromatic rings. The first kappa shape index (κ1) is 9.76. The lowest BCUT2D eigenvalue weighted by Crippen LogP contribution is -2.24. The lowest BCUT2D eigenvalue weighted by atomic mass is 9.96. The third-order valence-corrected chi connectivity index (χ3v) is 3.54. The number of fused-ring (bicyclic) bond motifs is 1. The molecule has 0 saturated heterocycles. The fourth-order valence-electron chi connectivity index (χ4n) is 2.65. The van der Waals surface area contributed by atoms with Crippen molar-refractivity contribution in [2.75, 3.05) is 7.11 Å². The average Bonchev–Trinajstić information content (AvgIpc) is 2.92. The first-order chi connectivity index (χ1) is 7.85. The van der Waals surface area contributed by atoms with Gasteiger partial charge in [-0.3, -0.25) is 0 Å². The van der Waals surface area contributed by atoms with E-state index in [0.717, 1.165) is 17.9 Å². The van der Waals surface area contributed by atoms with Gasteiger partial charge in [0.25, 0.3) is 0 Å². The fraction of sp³-hybridized carbons (Fsp3) is 0.429. The van der Waals surface area contributed by atoms with E-state index in [-0.39, 0.29) is 0 Å². The number of ether oxygens (including phenoxy) is 2. The summed E-state index contributed by atoms with van der Waals surface area (Å²) >= 11 is 0. The van der Waals surface area contributed by atoms with Gasteiger partial charge in [0.2, 0.25) is 0 Å². The van der Waals surface area contributed by atoms with Crippen LogP contribution in [0.3, 0.4) is 0 Å². The largest absolute Gasteiger partial charge is 0.497 e. The van der Waals surface area contributed by atoms with Crippen molar-refractivity contribution in [2.24, 2.45) is 5.92 Å². The summed E-state index contributed by atoms with van der Waals surface area (Å²) < 4.78 is 11.1. The van der Waals surface area contributed by atoms with Crippen LogP contribution in [0.4, 0.5) is 0 Å². The molecule has 0 N–H and O–H groups in total. The predicted molar refractivity (Wildman–Crippen MR) is 62.8 cm³/mol. The number of benzene rings is 1. The zero-order valence-corrected chi connectivity index (χ0v) is 9.48. The van der Waals surface area contributed by atoms with E-state index >= 15 is 0 Å². The van der Waals surface area contributed by atoms with Gasteiger partial charge in [0.05, 0.1) is 7.11 Å². The van der Waals surface area contributed by atoms with E-state index in [1.54, 1.807) is 12.7 Å². The van der Waals surface area contributed by atoms with E-state index < -0.39 is 0 Å². The SMILES string of the molecule is COc1ccc(OC2CC3=CC2CC3)cc1. The lowest BCUT2D eigenvalue weighted by molar-refractivity contribution is 0.154. The third kappa shape index (κ3) is 1.69. The molecule has 0 aliphatic heterocycles. The van der Waals surface area contributed by atoms with Gasteiger partial charge in [-0.15, -0.1) is 0 Å². The van der Waals surface area contributed by atoms with Crippen molar-refractivity contribution in [1.29, 1.82) is 0 Å². The molecular weight excluding hydrogens is 200 g/mol. The van der Waals surface area contributed by atoms with E-state index in [1.165, 1.54) is 12.8 Å². The van der Waals surface area contributed by atoms with Gasteiger partial charge in [0, 0.05) is 12.3 Å². The molecule has 16 heavy (non-hydrogen) atoms. The molecule has 0 spiro atoms. The van der Waals surface area contributed by atoms with Crippen molar-refractivity contribution in [3.05, 3.63) is 35.9 Å².